The molecule has 0 heterocycles. The number of nitrogens with one attached hydrogen (secondary N) is 1. The molecule has 8 nitrogen and oxygen atoms in total. The molecule has 0 aliphatic heterocycles. The van der Waals surface area contributed by atoms with E-state index in [-0.39, 0.29) is 11.4 Å². The maximum absolute atomic E-state index is 10.7. The van der Waals surface area contributed by atoms with Crippen molar-refractivity contribution in [2.75, 3.05) is 5.43 Å². The van der Waals surface area contributed by atoms with Gasteiger partial charge < -0.3 is 0 Å². The normalized spacial score (nSPS) is 11.0. The van der Waals surface area contributed by atoms with Gasteiger partial charge in [0.25, 0.3) is 11.4 Å². The minimum absolute atomic E-state index is 0.0256. The summed E-state index contributed by atoms with van der Waals surface area (Å²) < 4.78 is 0. The highest BCUT2D eigenvalue weighted by Gasteiger charge is 2.08. The molecule has 2 aromatic carbocycles. The van der Waals surface area contributed by atoms with Crippen molar-refractivity contribution >= 4 is 22.8 Å². The first-order valence-electron chi connectivity index (χ1n) is 6.27. The first-order valence-corrected chi connectivity index (χ1v) is 6.27. The highest BCUT2D eigenvalue weighted by Crippen LogP contribution is 2.18. The third kappa shape index (κ3) is 3.63. The van der Waals surface area contributed by atoms with Crippen molar-refractivity contribution in [3.63, 3.8) is 0 Å². The number of nitro groups is 2. The molecule has 1 N–H and O–H groups in total. The molecule has 0 amide bonds. The maximum Gasteiger partial charge on any atom is 0.271 e. The largest absolute Gasteiger partial charge is 0.278 e. The Morgan fingerprint density at radius 1 is 1.00 bits per heavy atom. The summed E-state index contributed by atoms with van der Waals surface area (Å²) in [5, 5.41) is 25.5. The zero-order chi connectivity index (χ0) is 16.1. The lowest BCUT2D eigenvalue weighted by molar-refractivity contribution is -0.385. The van der Waals surface area contributed by atoms with Crippen LogP contribution in [0.2, 0.25) is 0 Å². The van der Waals surface area contributed by atoms with Gasteiger partial charge >= 0.3 is 0 Å². The van der Waals surface area contributed by atoms with Crippen LogP contribution in [0.3, 0.4) is 0 Å². The maximum atomic E-state index is 10.7. The number of nitro benzene ring substituents is 2. The molecule has 2 aromatic rings. The van der Waals surface area contributed by atoms with Crippen molar-refractivity contribution in [2.45, 2.75) is 6.92 Å². The molecule has 0 radical (unpaired) electrons. The first-order chi connectivity index (χ1) is 10.5. The highest BCUT2D eigenvalue weighted by atomic mass is 16.6. The molecule has 0 bridgehead atoms. The van der Waals surface area contributed by atoms with E-state index in [0.29, 0.717) is 17.0 Å². The number of non-ortho nitro benzene ring substituents is 2. The van der Waals surface area contributed by atoms with Crippen molar-refractivity contribution in [1.29, 1.82) is 0 Å². The second kappa shape index (κ2) is 6.44. The van der Waals surface area contributed by atoms with Gasteiger partial charge in [-0.05, 0) is 13.0 Å². The molecule has 0 atom stereocenters. The van der Waals surface area contributed by atoms with Crippen LogP contribution in [-0.2, 0) is 0 Å². The Morgan fingerprint density at radius 2 is 1.59 bits per heavy atom. The van der Waals surface area contributed by atoms with Gasteiger partial charge in [-0.3, -0.25) is 25.7 Å². The summed E-state index contributed by atoms with van der Waals surface area (Å²) in [5.41, 5.74) is 4.20. The molecule has 0 aliphatic carbocycles. The highest BCUT2D eigenvalue weighted by molar-refractivity contribution is 5.99. The Hall–Kier alpha value is -3.29. The Balaban J connectivity index is 2.19. The van der Waals surface area contributed by atoms with Gasteiger partial charge in [0.2, 0.25) is 0 Å². The van der Waals surface area contributed by atoms with E-state index in [4.69, 9.17) is 0 Å². The number of rotatable bonds is 5. The van der Waals surface area contributed by atoms with E-state index >= 15 is 0 Å². The van der Waals surface area contributed by atoms with E-state index in [0.717, 1.165) is 0 Å². The molecule has 0 unspecified atom stereocenters. The molecule has 2 rings (SSSR count). The van der Waals surface area contributed by atoms with Crippen LogP contribution in [0.1, 0.15) is 12.5 Å². The number of benzene rings is 2. The lowest BCUT2D eigenvalue weighted by atomic mass is 10.1. The summed E-state index contributed by atoms with van der Waals surface area (Å²) in [4.78, 5) is 20.5. The molecule has 0 saturated heterocycles. The van der Waals surface area contributed by atoms with Crippen LogP contribution in [0.5, 0.6) is 0 Å². The lowest BCUT2D eigenvalue weighted by Gasteiger charge is -2.03. The summed E-state index contributed by atoms with van der Waals surface area (Å²) in [6.45, 7) is 1.68. The molecule has 0 aromatic heterocycles. The fraction of sp³-hybridized carbons (Fsp3) is 0.0714. The van der Waals surface area contributed by atoms with Crippen molar-refractivity contribution in [1.82, 2.24) is 0 Å². The van der Waals surface area contributed by atoms with Crippen LogP contribution >= 0.6 is 0 Å². The minimum Gasteiger partial charge on any atom is -0.278 e. The Labute approximate surface area is 125 Å². The molecule has 8 heteroatoms. The van der Waals surface area contributed by atoms with Crippen LogP contribution in [0, 0.1) is 20.2 Å². The summed E-state index contributed by atoms with van der Waals surface area (Å²) in [6, 6.07) is 12.0. The zero-order valence-electron chi connectivity index (χ0n) is 11.6. The lowest BCUT2D eigenvalue weighted by Crippen LogP contribution is -2.01. The summed E-state index contributed by atoms with van der Waals surface area (Å²) in [6.07, 6.45) is 0. The van der Waals surface area contributed by atoms with Crippen molar-refractivity contribution in [3.05, 3.63) is 74.3 Å². The van der Waals surface area contributed by atoms with E-state index in [9.17, 15) is 20.2 Å². The molecule has 22 heavy (non-hydrogen) atoms. The Kier molecular flexibility index (Phi) is 4.42. The predicted molar refractivity (Wildman–Crippen MR) is 82.0 cm³/mol. The van der Waals surface area contributed by atoms with Crippen molar-refractivity contribution in [3.8, 4) is 0 Å². The molecule has 0 aliphatic rings. The predicted octanol–water partition coefficient (Wildman–Crippen LogP) is 3.34. The molecular formula is C14H12N4O4. The number of hydrogen-bond donors (Lipinski definition) is 1. The number of anilines is 1. The monoisotopic (exact) mass is 300 g/mol. The van der Waals surface area contributed by atoms with Gasteiger partial charge in [-0.25, -0.2) is 0 Å². The summed E-state index contributed by atoms with van der Waals surface area (Å²) in [7, 11) is 0. The quantitative estimate of drug-likeness (QED) is 0.517. The standard InChI is InChI=1S/C14H12N4O4/c1-10(11-4-2-6-13(8-11)17(19)20)15-16-12-5-3-7-14(9-12)18(21)22/h2-9,16H,1H3/b15-10+. The summed E-state index contributed by atoms with van der Waals surface area (Å²) in [5.74, 6) is 0. The van der Waals surface area contributed by atoms with Gasteiger partial charge in [-0.2, -0.15) is 5.10 Å². The average Bonchev–Trinajstić information content (AvgIpc) is 2.53. The fourth-order valence-corrected chi connectivity index (χ4v) is 1.75. The van der Waals surface area contributed by atoms with E-state index in [1.807, 2.05) is 0 Å². The van der Waals surface area contributed by atoms with E-state index < -0.39 is 9.85 Å². The minimum atomic E-state index is -0.498. The molecular weight excluding hydrogens is 288 g/mol. The third-order valence-corrected chi connectivity index (χ3v) is 2.88. The Bertz CT molecular complexity index is 758. The van der Waals surface area contributed by atoms with Gasteiger partial charge in [-0.1, -0.05) is 18.2 Å². The Morgan fingerprint density at radius 3 is 2.23 bits per heavy atom. The van der Waals surface area contributed by atoms with Crippen LogP contribution in [-0.4, -0.2) is 15.6 Å². The topological polar surface area (TPSA) is 111 Å². The smallest absolute Gasteiger partial charge is 0.271 e. The molecule has 0 saturated carbocycles. The number of hydrogen-bond acceptors (Lipinski definition) is 6. The molecule has 0 spiro atoms. The van der Waals surface area contributed by atoms with Gasteiger partial charge in [0.15, 0.2) is 0 Å². The summed E-state index contributed by atoms with van der Waals surface area (Å²) >= 11 is 0. The van der Waals surface area contributed by atoms with Crippen molar-refractivity contribution < 1.29 is 9.85 Å². The second-order valence-electron chi connectivity index (χ2n) is 4.42. The third-order valence-electron chi connectivity index (χ3n) is 2.88. The number of hydrazone groups is 1. The van der Waals surface area contributed by atoms with Crippen molar-refractivity contribution in [2.24, 2.45) is 5.10 Å². The van der Waals surface area contributed by atoms with Crippen LogP contribution in [0.25, 0.3) is 0 Å². The van der Waals surface area contributed by atoms with Crippen LogP contribution in [0.4, 0.5) is 17.1 Å². The van der Waals surface area contributed by atoms with Crippen LogP contribution in [0.15, 0.2) is 53.6 Å². The fourth-order valence-electron chi connectivity index (χ4n) is 1.75. The molecule has 112 valence electrons. The van der Waals surface area contributed by atoms with E-state index in [2.05, 4.69) is 10.5 Å². The van der Waals surface area contributed by atoms with Gasteiger partial charge in [0, 0.05) is 29.8 Å². The van der Waals surface area contributed by atoms with E-state index in [1.165, 1.54) is 24.3 Å². The second-order valence-corrected chi connectivity index (χ2v) is 4.42. The van der Waals surface area contributed by atoms with Gasteiger partial charge in [0.1, 0.15) is 0 Å². The first kappa shape index (κ1) is 15.1. The zero-order valence-corrected chi connectivity index (χ0v) is 11.6. The number of nitrogens with zero attached hydrogens (tertiary/aromatic N) is 3. The van der Waals surface area contributed by atoms with Gasteiger partial charge in [0.05, 0.1) is 21.2 Å². The molecule has 0 fully saturated rings. The average molecular weight is 300 g/mol. The van der Waals surface area contributed by atoms with Crippen LogP contribution < -0.4 is 5.43 Å². The van der Waals surface area contributed by atoms with Gasteiger partial charge in [-0.15, -0.1) is 0 Å². The van der Waals surface area contributed by atoms with E-state index in [1.54, 1.807) is 31.2 Å². The SMILES string of the molecule is C/C(=N\Nc1cccc([N+](=O)[O-])c1)c1cccc([N+](=O)[O-])c1.